The first kappa shape index (κ1) is 16.1. The van der Waals surface area contributed by atoms with Crippen LogP contribution in [-0.4, -0.2) is 16.4 Å². The minimum atomic E-state index is -0.0943. The summed E-state index contributed by atoms with van der Waals surface area (Å²) >= 11 is 12.3. The summed E-state index contributed by atoms with van der Waals surface area (Å²) in [5, 5.41) is 24.2. The molecule has 21 heavy (non-hydrogen) atoms. The van der Waals surface area contributed by atoms with Gasteiger partial charge in [0.1, 0.15) is 16.0 Å². The Kier molecular flexibility index (Phi) is 5.13. The molecule has 110 valence electrons. The van der Waals surface area contributed by atoms with Gasteiger partial charge in [-0.3, -0.25) is 5.43 Å². The number of aromatic hydroxyl groups is 2. The second-order valence-electron chi connectivity index (χ2n) is 4.29. The molecule has 0 saturated carbocycles. The summed E-state index contributed by atoms with van der Waals surface area (Å²) in [7, 11) is 0. The number of aryl methyl sites for hydroxylation is 1. The first-order chi connectivity index (χ1) is 9.90. The molecule has 7 heteroatoms. The highest BCUT2D eigenvalue weighted by Gasteiger charge is 2.12. The Morgan fingerprint density at radius 2 is 1.90 bits per heavy atom. The van der Waals surface area contributed by atoms with Crippen LogP contribution in [0.25, 0.3) is 0 Å². The Bertz CT molecular complexity index is 721. The molecule has 0 fully saturated rings. The number of nitrogens with one attached hydrogen (secondary N) is 1. The topological polar surface area (TPSA) is 64.9 Å². The molecule has 0 saturated heterocycles. The molecule has 0 unspecified atom stereocenters. The lowest BCUT2D eigenvalue weighted by Crippen LogP contribution is -1.92. The lowest BCUT2D eigenvalue weighted by molar-refractivity contribution is 0.442. The summed E-state index contributed by atoms with van der Waals surface area (Å²) in [4.78, 5) is 0. The van der Waals surface area contributed by atoms with Gasteiger partial charge in [0.05, 0.1) is 16.4 Å². The Labute approximate surface area is 143 Å². The van der Waals surface area contributed by atoms with Crippen molar-refractivity contribution in [2.24, 2.45) is 5.10 Å². The zero-order chi connectivity index (χ0) is 15.6. The summed E-state index contributed by atoms with van der Waals surface area (Å²) in [5.41, 5.74) is 4.98. The van der Waals surface area contributed by atoms with Crippen LogP contribution in [0, 0.1) is 6.92 Å². The zero-order valence-electron chi connectivity index (χ0n) is 10.9. The molecule has 0 spiro atoms. The van der Waals surface area contributed by atoms with E-state index in [1.165, 1.54) is 6.21 Å². The van der Waals surface area contributed by atoms with Gasteiger partial charge in [-0.05, 0) is 62.5 Å². The smallest absolute Gasteiger partial charge is 0.147 e. The van der Waals surface area contributed by atoms with Crippen LogP contribution in [0.4, 0.5) is 5.69 Å². The van der Waals surface area contributed by atoms with Gasteiger partial charge >= 0.3 is 0 Å². The standard InChI is InChI=1S/C14H11Br2ClN2O2/c1-7-2-3-9(5-11(7)17)19-18-6-8-4-10(15)14(21)12(16)13(8)20/h2-6,19-21H,1H3/b18-6+. The number of halogens is 3. The van der Waals surface area contributed by atoms with E-state index in [0.29, 0.717) is 15.1 Å². The predicted octanol–water partition coefficient (Wildman–Crippen LogP) is 5.03. The maximum Gasteiger partial charge on any atom is 0.147 e. The highest BCUT2D eigenvalue weighted by atomic mass is 79.9. The maximum absolute atomic E-state index is 9.91. The summed E-state index contributed by atoms with van der Waals surface area (Å²) in [6.45, 7) is 1.92. The Hall–Kier alpha value is -1.24. The van der Waals surface area contributed by atoms with Crippen LogP contribution in [0.15, 0.2) is 38.3 Å². The summed E-state index contributed by atoms with van der Waals surface area (Å²) in [6, 6.07) is 7.05. The van der Waals surface area contributed by atoms with E-state index in [-0.39, 0.29) is 16.0 Å². The molecule has 2 rings (SSSR count). The Morgan fingerprint density at radius 1 is 1.19 bits per heavy atom. The van der Waals surface area contributed by atoms with Crippen molar-refractivity contribution < 1.29 is 10.2 Å². The number of hydrazone groups is 1. The SMILES string of the molecule is Cc1ccc(N/N=C/c2cc(Br)c(O)c(Br)c2O)cc1Cl. The van der Waals surface area contributed by atoms with Gasteiger partial charge in [-0.2, -0.15) is 5.10 Å². The number of phenolic OH excluding ortho intramolecular Hbond substituents is 2. The molecule has 0 aliphatic heterocycles. The third kappa shape index (κ3) is 3.70. The first-order valence-corrected chi connectivity index (χ1v) is 7.81. The summed E-state index contributed by atoms with van der Waals surface area (Å²) < 4.78 is 0.656. The van der Waals surface area contributed by atoms with E-state index in [4.69, 9.17) is 11.6 Å². The molecular weight excluding hydrogens is 423 g/mol. The molecule has 0 aromatic heterocycles. The highest BCUT2D eigenvalue weighted by Crippen LogP contribution is 2.40. The van der Waals surface area contributed by atoms with Crippen molar-refractivity contribution in [3.8, 4) is 11.5 Å². The van der Waals surface area contributed by atoms with E-state index in [1.807, 2.05) is 19.1 Å². The van der Waals surface area contributed by atoms with Crippen molar-refractivity contribution in [1.82, 2.24) is 0 Å². The molecule has 0 radical (unpaired) electrons. The van der Waals surface area contributed by atoms with E-state index in [1.54, 1.807) is 12.1 Å². The van der Waals surface area contributed by atoms with Crippen molar-refractivity contribution in [2.75, 3.05) is 5.43 Å². The number of hydrogen-bond donors (Lipinski definition) is 3. The number of benzene rings is 2. The van der Waals surface area contributed by atoms with Gasteiger partial charge in [0, 0.05) is 10.6 Å². The molecule has 0 bridgehead atoms. The fourth-order valence-electron chi connectivity index (χ4n) is 1.55. The van der Waals surface area contributed by atoms with Gasteiger partial charge in [-0.25, -0.2) is 0 Å². The second kappa shape index (κ2) is 6.68. The highest BCUT2D eigenvalue weighted by molar-refractivity contribution is 9.11. The third-order valence-corrected chi connectivity index (χ3v) is 4.53. The fraction of sp³-hybridized carbons (Fsp3) is 0.0714. The van der Waals surface area contributed by atoms with E-state index >= 15 is 0 Å². The number of anilines is 1. The minimum Gasteiger partial charge on any atom is -0.506 e. The van der Waals surface area contributed by atoms with Gasteiger partial charge in [0.25, 0.3) is 0 Å². The fourth-order valence-corrected chi connectivity index (χ4v) is 2.89. The lowest BCUT2D eigenvalue weighted by Gasteiger charge is -2.07. The van der Waals surface area contributed by atoms with Crippen molar-refractivity contribution >= 4 is 55.4 Å². The normalized spacial score (nSPS) is 11.0. The van der Waals surface area contributed by atoms with Gasteiger partial charge in [-0.15, -0.1) is 0 Å². The summed E-state index contributed by atoms with van der Waals surface area (Å²) in [6.07, 6.45) is 1.44. The van der Waals surface area contributed by atoms with Crippen molar-refractivity contribution in [3.63, 3.8) is 0 Å². The summed E-state index contributed by atoms with van der Waals surface area (Å²) in [5.74, 6) is -0.161. The average Bonchev–Trinajstić information content (AvgIpc) is 2.46. The second-order valence-corrected chi connectivity index (χ2v) is 6.35. The monoisotopic (exact) mass is 432 g/mol. The molecule has 0 heterocycles. The molecule has 0 aliphatic rings. The number of nitrogens with zero attached hydrogens (tertiary/aromatic N) is 1. The van der Waals surface area contributed by atoms with E-state index < -0.39 is 0 Å². The molecular formula is C14H11Br2ClN2O2. The van der Waals surface area contributed by atoms with Gasteiger partial charge in [0.15, 0.2) is 0 Å². The van der Waals surface area contributed by atoms with Crippen LogP contribution in [0.1, 0.15) is 11.1 Å². The molecule has 0 aliphatic carbocycles. The third-order valence-electron chi connectivity index (χ3n) is 2.77. The van der Waals surface area contributed by atoms with Crippen LogP contribution >= 0.6 is 43.5 Å². The van der Waals surface area contributed by atoms with Crippen molar-refractivity contribution in [1.29, 1.82) is 0 Å². The van der Waals surface area contributed by atoms with Crippen LogP contribution in [0.5, 0.6) is 11.5 Å². The molecule has 2 aromatic rings. The van der Waals surface area contributed by atoms with Crippen LogP contribution < -0.4 is 5.43 Å². The molecule has 2 aromatic carbocycles. The maximum atomic E-state index is 9.91. The van der Waals surface area contributed by atoms with Crippen molar-refractivity contribution in [3.05, 3.63) is 49.4 Å². The Morgan fingerprint density at radius 3 is 2.57 bits per heavy atom. The van der Waals surface area contributed by atoms with Crippen LogP contribution in [0.3, 0.4) is 0 Å². The average molecular weight is 435 g/mol. The van der Waals surface area contributed by atoms with Crippen LogP contribution in [-0.2, 0) is 0 Å². The quantitative estimate of drug-likeness (QED) is 0.469. The predicted molar refractivity (Wildman–Crippen MR) is 92.6 cm³/mol. The van der Waals surface area contributed by atoms with E-state index in [2.05, 4.69) is 42.4 Å². The molecule has 3 N–H and O–H groups in total. The van der Waals surface area contributed by atoms with Gasteiger partial charge < -0.3 is 10.2 Å². The molecule has 0 atom stereocenters. The minimum absolute atomic E-state index is 0.0667. The van der Waals surface area contributed by atoms with E-state index in [0.717, 1.165) is 11.3 Å². The molecule has 4 nitrogen and oxygen atoms in total. The van der Waals surface area contributed by atoms with Gasteiger partial charge in [-0.1, -0.05) is 17.7 Å². The van der Waals surface area contributed by atoms with Crippen LogP contribution in [0.2, 0.25) is 5.02 Å². The lowest BCUT2D eigenvalue weighted by atomic mass is 10.2. The number of rotatable bonds is 3. The zero-order valence-corrected chi connectivity index (χ0v) is 14.8. The van der Waals surface area contributed by atoms with Crippen molar-refractivity contribution in [2.45, 2.75) is 6.92 Å². The number of phenols is 2. The Balaban J connectivity index is 2.20. The van der Waals surface area contributed by atoms with Gasteiger partial charge in [0.2, 0.25) is 0 Å². The molecule has 0 amide bonds. The van der Waals surface area contributed by atoms with E-state index in [9.17, 15) is 10.2 Å². The number of hydrogen-bond acceptors (Lipinski definition) is 4. The largest absolute Gasteiger partial charge is 0.506 e. The first-order valence-electron chi connectivity index (χ1n) is 5.85.